The highest BCUT2D eigenvalue weighted by molar-refractivity contribution is 7.71. The quantitative estimate of drug-likeness (QED) is 0.616. The van der Waals surface area contributed by atoms with Crippen LogP contribution in [0.3, 0.4) is 0 Å². The van der Waals surface area contributed by atoms with Crippen molar-refractivity contribution in [2.45, 2.75) is 0 Å². The molecule has 0 saturated heterocycles. The Labute approximate surface area is 89.9 Å². The fourth-order valence-electron chi connectivity index (χ4n) is 1.59. The fourth-order valence-corrected chi connectivity index (χ4v) is 1.72. The van der Waals surface area contributed by atoms with Crippen LogP contribution in [0.5, 0.6) is 0 Å². The zero-order valence-corrected chi connectivity index (χ0v) is 8.47. The van der Waals surface area contributed by atoms with Crippen LogP contribution >= 0.6 is 12.2 Å². The summed E-state index contributed by atoms with van der Waals surface area (Å²) in [4.78, 5) is 3.44. The first-order valence-corrected chi connectivity index (χ1v) is 4.87. The fraction of sp³-hybridized carbons (Fsp3) is 0. The van der Waals surface area contributed by atoms with E-state index < -0.39 is 0 Å². The minimum Gasteiger partial charge on any atom is -0.409 e. The molecule has 2 N–H and O–H groups in total. The van der Waals surface area contributed by atoms with Gasteiger partial charge in [-0.15, -0.1) is 5.10 Å². The summed E-state index contributed by atoms with van der Waals surface area (Å²) in [6, 6.07) is 7.96. The van der Waals surface area contributed by atoms with Gasteiger partial charge in [0.1, 0.15) is 0 Å². The first-order chi connectivity index (χ1) is 7.34. The van der Waals surface area contributed by atoms with Crippen molar-refractivity contribution in [2.75, 3.05) is 0 Å². The summed E-state index contributed by atoms with van der Waals surface area (Å²) in [6.07, 6.45) is 1.86. The zero-order valence-electron chi connectivity index (χ0n) is 7.65. The maximum Gasteiger partial charge on any atom is 0.284 e. The number of benzene rings is 1. The van der Waals surface area contributed by atoms with Crippen LogP contribution in [-0.2, 0) is 0 Å². The highest BCUT2D eigenvalue weighted by Gasteiger charge is 2.09. The van der Waals surface area contributed by atoms with Gasteiger partial charge in [-0.3, -0.25) is 0 Å². The van der Waals surface area contributed by atoms with Crippen LogP contribution in [0.1, 0.15) is 0 Å². The molecule has 0 aliphatic carbocycles. The molecule has 0 aliphatic rings. The van der Waals surface area contributed by atoms with E-state index >= 15 is 0 Å². The number of hydrogen-bond acceptors (Lipinski definition) is 3. The normalized spacial score (nSPS) is 10.9. The van der Waals surface area contributed by atoms with Gasteiger partial charge in [0.25, 0.3) is 4.84 Å². The van der Waals surface area contributed by atoms with E-state index in [0.717, 1.165) is 16.5 Å². The molecule has 3 aromatic rings. The Kier molecular flexibility index (Phi) is 1.72. The summed E-state index contributed by atoms with van der Waals surface area (Å²) in [5.41, 5.74) is 1.97. The molecule has 74 valence electrons. The molecule has 0 bridgehead atoms. The van der Waals surface area contributed by atoms with E-state index in [0.29, 0.717) is 5.89 Å². The second kappa shape index (κ2) is 3.06. The number of nitrogens with zero attached hydrogens (tertiary/aromatic N) is 1. The minimum absolute atomic E-state index is 0.287. The smallest absolute Gasteiger partial charge is 0.284 e. The number of fused-ring (bicyclic) bond motifs is 1. The summed E-state index contributed by atoms with van der Waals surface area (Å²) in [5.74, 6) is 0.512. The molecular weight excluding hydrogens is 210 g/mol. The SMILES string of the molecule is S=c1[nH]nc(-c2c[nH]c3ccccc23)o1. The molecule has 2 heterocycles. The number of para-hydroxylation sites is 1. The number of rotatable bonds is 1. The molecule has 0 amide bonds. The van der Waals surface area contributed by atoms with Crippen LogP contribution in [0.2, 0.25) is 0 Å². The molecule has 0 spiro atoms. The molecule has 0 radical (unpaired) electrons. The lowest BCUT2D eigenvalue weighted by Crippen LogP contribution is -1.74. The first-order valence-electron chi connectivity index (χ1n) is 4.46. The molecule has 2 aromatic heterocycles. The van der Waals surface area contributed by atoms with E-state index in [4.69, 9.17) is 16.6 Å². The second-order valence-corrected chi connectivity index (χ2v) is 3.54. The first kappa shape index (κ1) is 8.43. The summed E-state index contributed by atoms with van der Waals surface area (Å²) >= 11 is 4.83. The molecule has 5 heteroatoms. The van der Waals surface area contributed by atoms with Gasteiger partial charge in [-0.25, -0.2) is 5.10 Å². The van der Waals surface area contributed by atoms with Crippen molar-refractivity contribution in [2.24, 2.45) is 0 Å². The average molecular weight is 217 g/mol. The number of hydrogen-bond donors (Lipinski definition) is 2. The lowest BCUT2D eigenvalue weighted by Gasteiger charge is -1.90. The summed E-state index contributed by atoms with van der Waals surface area (Å²) in [7, 11) is 0. The van der Waals surface area contributed by atoms with Gasteiger partial charge in [0.2, 0.25) is 5.89 Å². The molecule has 0 saturated carbocycles. The molecule has 0 unspecified atom stereocenters. The molecule has 4 nitrogen and oxygen atoms in total. The van der Waals surface area contributed by atoms with Crippen LogP contribution < -0.4 is 0 Å². The molecule has 0 atom stereocenters. The highest BCUT2D eigenvalue weighted by atomic mass is 32.1. The van der Waals surface area contributed by atoms with Crippen LogP contribution in [-0.4, -0.2) is 15.2 Å². The Balaban J connectivity index is 2.32. The Morgan fingerprint density at radius 3 is 2.93 bits per heavy atom. The van der Waals surface area contributed by atoms with Crippen LogP contribution in [0.4, 0.5) is 0 Å². The van der Waals surface area contributed by atoms with Crippen molar-refractivity contribution in [3.05, 3.63) is 35.3 Å². The third-order valence-electron chi connectivity index (χ3n) is 2.26. The van der Waals surface area contributed by atoms with Crippen molar-refractivity contribution in [3.63, 3.8) is 0 Å². The van der Waals surface area contributed by atoms with E-state index in [-0.39, 0.29) is 4.84 Å². The predicted octanol–water partition coefficient (Wildman–Crippen LogP) is 2.88. The van der Waals surface area contributed by atoms with Gasteiger partial charge in [-0.1, -0.05) is 18.2 Å². The standard InChI is InChI=1S/C10H7N3OS/c15-10-13-12-9(14-10)7-5-11-8-4-2-1-3-6(7)8/h1-5,11H,(H,13,15). The van der Waals surface area contributed by atoms with Gasteiger partial charge in [-0.05, 0) is 18.3 Å². The lowest BCUT2D eigenvalue weighted by atomic mass is 10.2. The van der Waals surface area contributed by atoms with Crippen LogP contribution in [0.15, 0.2) is 34.9 Å². The number of H-pyrrole nitrogens is 2. The molecule has 15 heavy (non-hydrogen) atoms. The van der Waals surface area contributed by atoms with Gasteiger partial charge in [0.15, 0.2) is 0 Å². The monoisotopic (exact) mass is 217 g/mol. The van der Waals surface area contributed by atoms with Crippen LogP contribution in [0, 0.1) is 4.84 Å². The van der Waals surface area contributed by atoms with Crippen molar-refractivity contribution >= 4 is 23.1 Å². The Hall–Kier alpha value is -1.88. The highest BCUT2D eigenvalue weighted by Crippen LogP contribution is 2.26. The third kappa shape index (κ3) is 1.28. The van der Waals surface area contributed by atoms with Crippen molar-refractivity contribution in [3.8, 4) is 11.5 Å². The lowest BCUT2D eigenvalue weighted by molar-refractivity contribution is 0.552. The molecule has 3 rings (SSSR count). The molecule has 0 fully saturated rings. The summed E-state index contributed by atoms with van der Waals surface area (Å²) in [6.45, 7) is 0. The van der Waals surface area contributed by atoms with Gasteiger partial charge in [0.05, 0.1) is 5.56 Å². The Morgan fingerprint density at radius 2 is 2.13 bits per heavy atom. The predicted molar refractivity (Wildman–Crippen MR) is 59.0 cm³/mol. The topological polar surface area (TPSA) is 57.6 Å². The number of aromatic nitrogens is 3. The van der Waals surface area contributed by atoms with Gasteiger partial charge in [0, 0.05) is 17.1 Å². The van der Waals surface area contributed by atoms with E-state index in [1.165, 1.54) is 0 Å². The van der Waals surface area contributed by atoms with E-state index in [1.807, 2.05) is 30.5 Å². The largest absolute Gasteiger partial charge is 0.409 e. The van der Waals surface area contributed by atoms with Gasteiger partial charge in [-0.2, -0.15) is 0 Å². The number of aromatic amines is 2. The second-order valence-electron chi connectivity index (χ2n) is 3.17. The van der Waals surface area contributed by atoms with E-state index in [1.54, 1.807) is 0 Å². The van der Waals surface area contributed by atoms with Crippen LogP contribution in [0.25, 0.3) is 22.4 Å². The third-order valence-corrected chi connectivity index (χ3v) is 2.43. The number of nitrogens with one attached hydrogen (secondary N) is 2. The van der Waals surface area contributed by atoms with Crippen molar-refractivity contribution in [1.82, 2.24) is 15.2 Å². The summed E-state index contributed by atoms with van der Waals surface area (Å²) in [5, 5.41) is 7.67. The zero-order chi connectivity index (χ0) is 10.3. The minimum atomic E-state index is 0.287. The van der Waals surface area contributed by atoms with Gasteiger partial charge >= 0.3 is 0 Å². The van der Waals surface area contributed by atoms with Crippen molar-refractivity contribution < 1.29 is 4.42 Å². The van der Waals surface area contributed by atoms with Crippen molar-refractivity contribution in [1.29, 1.82) is 0 Å². The summed E-state index contributed by atoms with van der Waals surface area (Å²) < 4.78 is 5.26. The Morgan fingerprint density at radius 1 is 1.27 bits per heavy atom. The van der Waals surface area contributed by atoms with Gasteiger partial charge < -0.3 is 9.40 Å². The Bertz CT molecular complexity index is 664. The maximum absolute atomic E-state index is 5.26. The average Bonchev–Trinajstić information content (AvgIpc) is 2.83. The molecule has 1 aromatic carbocycles. The maximum atomic E-state index is 5.26. The van der Waals surface area contributed by atoms with E-state index in [2.05, 4.69) is 15.2 Å². The van der Waals surface area contributed by atoms with E-state index in [9.17, 15) is 0 Å². The molecule has 0 aliphatic heterocycles. The molecular formula is C10H7N3OS.